The zero-order valence-electron chi connectivity index (χ0n) is 18.4. The summed E-state index contributed by atoms with van der Waals surface area (Å²) in [5.74, 6) is 5.06. The molecule has 5 aliphatic rings. The first-order valence-corrected chi connectivity index (χ1v) is 13.4. The summed E-state index contributed by atoms with van der Waals surface area (Å²) < 4.78 is 1.13. The van der Waals surface area contributed by atoms with Crippen molar-refractivity contribution < 1.29 is 9.90 Å². The lowest BCUT2D eigenvalue weighted by Crippen LogP contribution is -2.50. The van der Waals surface area contributed by atoms with Crippen molar-refractivity contribution in [2.24, 2.45) is 46.8 Å². The van der Waals surface area contributed by atoms with Crippen LogP contribution in [0.15, 0.2) is 24.3 Å². The number of carbonyl (C=O) groups excluding carboxylic acids is 1. The van der Waals surface area contributed by atoms with Crippen molar-refractivity contribution in [1.82, 2.24) is 4.98 Å². The van der Waals surface area contributed by atoms with E-state index in [1.54, 1.807) is 11.3 Å². The molecule has 7 rings (SSSR count). The van der Waals surface area contributed by atoms with Gasteiger partial charge >= 0.3 is 0 Å². The van der Waals surface area contributed by atoms with Crippen molar-refractivity contribution in [3.63, 3.8) is 0 Å². The van der Waals surface area contributed by atoms with Crippen molar-refractivity contribution >= 4 is 27.3 Å². The molecule has 5 aliphatic carbocycles. The first-order chi connectivity index (χ1) is 15.0. The highest BCUT2D eigenvalue weighted by molar-refractivity contribution is 7.20. The smallest absolute Gasteiger partial charge is 0.195 e. The Morgan fingerprint density at radius 1 is 0.968 bits per heavy atom. The van der Waals surface area contributed by atoms with Gasteiger partial charge in [0, 0.05) is 5.92 Å². The monoisotopic (exact) mass is 435 g/mol. The van der Waals surface area contributed by atoms with E-state index < -0.39 is 0 Å². The molecule has 0 radical (unpaired) electrons. The highest BCUT2D eigenvalue weighted by Gasteiger charge is 2.65. The topological polar surface area (TPSA) is 50.2 Å². The van der Waals surface area contributed by atoms with Crippen LogP contribution in [0.1, 0.15) is 74.5 Å². The van der Waals surface area contributed by atoms with Crippen LogP contribution in [0.4, 0.5) is 0 Å². The van der Waals surface area contributed by atoms with Gasteiger partial charge in [0.15, 0.2) is 10.8 Å². The van der Waals surface area contributed by atoms with Crippen molar-refractivity contribution in [1.29, 1.82) is 0 Å². The predicted molar refractivity (Wildman–Crippen MR) is 123 cm³/mol. The number of carbonyl (C=O) groups is 1. The summed E-state index contributed by atoms with van der Waals surface area (Å²) in [5, 5.41) is 11.4. The number of thiazole rings is 1. The SMILES string of the molecule is C[C@]12CC[C@@H]3[C@H]4CC[C@]5(O)CC5[C@H]4CC[C@H]3[C@@H]1CC[C@@H]2C(=O)c1nc2ccccc2s1. The lowest BCUT2D eigenvalue weighted by Gasteiger charge is -2.55. The van der Waals surface area contributed by atoms with Crippen LogP contribution in [0.5, 0.6) is 0 Å². The Bertz CT molecular complexity index is 1030. The molecule has 2 aromatic rings. The molecule has 3 nitrogen and oxygen atoms in total. The number of aromatic nitrogens is 1. The number of hydrogen-bond donors (Lipinski definition) is 1. The fourth-order valence-electron chi connectivity index (χ4n) is 9.24. The Morgan fingerprint density at radius 2 is 1.71 bits per heavy atom. The molecule has 1 N–H and O–H groups in total. The van der Waals surface area contributed by atoms with Crippen molar-refractivity contribution in [3.8, 4) is 0 Å². The Morgan fingerprint density at radius 3 is 2.52 bits per heavy atom. The zero-order chi connectivity index (χ0) is 21.0. The molecular weight excluding hydrogens is 402 g/mol. The lowest BCUT2D eigenvalue weighted by atomic mass is 9.49. The number of hydrogen-bond acceptors (Lipinski definition) is 4. The number of ketones is 1. The minimum absolute atomic E-state index is 0.150. The van der Waals surface area contributed by atoms with Gasteiger partial charge in [-0.3, -0.25) is 4.79 Å². The summed E-state index contributed by atoms with van der Waals surface area (Å²) in [7, 11) is 0. The molecule has 0 amide bonds. The molecule has 9 atom stereocenters. The number of aliphatic hydroxyl groups is 1. The highest BCUT2D eigenvalue weighted by atomic mass is 32.1. The Labute approximate surface area is 188 Å². The first kappa shape index (κ1) is 19.2. The minimum atomic E-state index is -0.278. The summed E-state index contributed by atoms with van der Waals surface area (Å²) in [5.41, 5.74) is 0.840. The Hall–Kier alpha value is -1.26. The van der Waals surface area contributed by atoms with Gasteiger partial charge in [0.25, 0.3) is 0 Å². The Kier molecular flexibility index (Phi) is 3.98. The third kappa shape index (κ3) is 2.61. The standard InChI is InChI=1S/C27H33NO2S/c1-26-12-10-15-16-11-13-27(30)14-21(27)18(16)7-6-17(15)19(26)8-9-20(26)24(29)25-28-22-4-2-3-5-23(22)31-25/h2-5,15-21,30H,6-14H2,1H3/t15-,16-,17-,18+,19+,20-,21?,26+,27+/m1/s1. The van der Waals surface area contributed by atoms with E-state index in [4.69, 9.17) is 4.98 Å². The van der Waals surface area contributed by atoms with Crippen molar-refractivity contribution in [2.75, 3.05) is 0 Å². The molecular formula is C27H33NO2S. The van der Waals surface area contributed by atoms with Crippen LogP contribution in [0.25, 0.3) is 10.2 Å². The van der Waals surface area contributed by atoms with E-state index >= 15 is 0 Å². The van der Waals surface area contributed by atoms with Gasteiger partial charge in [0.1, 0.15) is 0 Å². The van der Waals surface area contributed by atoms with E-state index in [1.165, 1.54) is 38.5 Å². The normalized spacial score (nSPS) is 47.9. The lowest BCUT2D eigenvalue weighted by molar-refractivity contribution is -0.0764. The van der Waals surface area contributed by atoms with Crippen LogP contribution in [-0.2, 0) is 0 Å². The van der Waals surface area contributed by atoms with E-state index in [0.717, 1.165) is 58.2 Å². The third-order valence-corrected chi connectivity index (χ3v) is 11.8. The average Bonchev–Trinajstić information content (AvgIpc) is 3.13. The third-order valence-electron chi connectivity index (χ3n) is 10.8. The quantitative estimate of drug-likeness (QED) is 0.579. The second kappa shape index (κ2) is 6.41. The maximum absolute atomic E-state index is 13.7. The molecule has 0 saturated heterocycles. The first-order valence-electron chi connectivity index (χ1n) is 12.6. The van der Waals surface area contributed by atoms with E-state index in [1.807, 2.05) is 18.2 Å². The number of Topliss-reactive ketones (excluding diaryl/α,β-unsaturated/α-hetero) is 1. The average molecular weight is 436 g/mol. The molecule has 5 fully saturated rings. The number of rotatable bonds is 2. The molecule has 1 aromatic carbocycles. The molecule has 5 saturated carbocycles. The van der Waals surface area contributed by atoms with Crippen LogP contribution in [0.3, 0.4) is 0 Å². The maximum Gasteiger partial charge on any atom is 0.195 e. The van der Waals surface area contributed by atoms with E-state index in [0.29, 0.717) is 17.6 Å². The maximum atomic E-state index is 13.7. The second-order valence-electron chi connectivity index (χ2n) is 11.8. The van der Waals surface area contributed by atoms with Gasteiger partial charge in [-0.15, -0.1) is 11.3 Å². The van der Waals surface area contributed by atoms with Crippen molar-refractivity contribution in [3.05, 3.63) is 29.3 Å². The molecule has 4 heteroatoms. The van der Waals surface area contributed by atoms with Crippen molar-refractivity contribution in [2.45, 2.75) is 70.3 Å². The largest absolute Gasteiger partial charge is 0.390 e. The highest BCUT2D eigenvalue weighted by Crippen LogP contribution is 2.68. The van der Waals surface area contributed by atoms with Gasteiger partial charge in [0.2, 0.25) is 0 Å². The van der Waals surface area contributed by atoms with Gasteiger partial charge < -0.3 is 5.11 Å². The van der Waals surface area contributed by atoms with Crippen LogP contribution in [0, 0.1) is 46.8 Å². The van der Waals surface area contributed by atoms with Gasteiger partial charge in [-0.2, -0.15) is 0 Å². The zero-order valence-corrected chi connectivity index (χ0v) is 19.2. The van der Waals surface area contributed by atoms with Gasteiger partial charge in [-0.05, 0) is 111 Å². The number of nitrogens with zero attached hydrogens (tertiary/aromatic N) is 1. The number of fused-ring (bicyclic) bond motifs is 8. The molecule has 1 unspecified atom stereocenters. The fourth-order valence-corrected chi connectivity index (χ4v) is 10.2. The predicted octanol–water partition coefficient (Wildman–Crippen LogP) is 6.11. The Balaban J connectivity index is 1.15. The minimum Gasteiger partial charge on any atom is -0.390 e. The summed E-state index contributed by atoms with van der Waals surface area (Å²) in [6.45, 7) is 2.45. The molecule has 164 valence electrons. The molecule has 1 heterocycles. The molecule has 0 aliphatic heterocycles. The number of benzene rings is 1. The summed E-state index contributed by atoms with van der Waals surface area (Å²) in [6.07, 6.45) is 10.8. The summed E-state index contributed by atoms with van der Waals surface area (Å²) >= 11 is 1.59. The van der Waals surface area contributed by atoms with E-state index in [9.17, 15) is 9.90 Å². The summed E-state index contributed by atoms with van der Waals surface area (Å²) in [6, 6.07) is 8.15. The second-order valence-corrected chi connectivity index (χ2v) is 12.8. The fraction of sp³-hybridized carbons (Fsp3) is 0.704. The van der Waals surface area contributed by atoms with E-state index in [2.05, 4.69) is 13.0 Å². The summed E-state index contributed by atoms with van der Waals surface area (Å²) in [4.78, 5) is 18.4. The van der Waals surface area contributed by atoms with Crippen LogP contribution in [-0.4, -0.2) is 21.5 Å². The van der Waals surface area contributed by atoms with E-state index in [-0.39, 0.29) is 16.9 Å². The molecule has 31 heavy (non-hydrogen) atoms. The van der Waals surface area contributed by atoms with Crippen LogP contribution >= 0.6 is 11.3 Å². The molecule has 0 bridgehead atoms. The van der Waals surface area contributed by atoms with Crippen LogP contribution in [0.2, 0.25) is 0 Å². The molecule has 0 spiro atoms. The number of para-hydroxylation sites is 1. The van der Waals surface area contributed by atoms with Crippen LogP contribution < -0.4 is 0 Å². The van der Waals surface area contributed by atoms with Gasteiger partial charge in [-0.1, -0.05) is 19.1 Å². The van der Waals surface area contributed by atoms with Gasteiger partial charge in [-0.25, -0.2) is 4.98 Å². The van der Waals surface area contributed by atoms with Gasteiger partial charge in [0.05, 0.1) is 15.8 Å². The molecule has 1 aromatic heterocycles.